The number of rotatable bonds is 1. The van der Waals surface area contributed by atoms with Crippen molar-refractivity contribution in [2.24, 2.45) is 5.92 Å². The predicted octanol–water partition coefficient (Wildman–Crippen LogP) is 4.15. The van der Waals surface area contributed by atoms with E-state index in [1.165, 1.54) is 0 Å². The molecule has 0 aliphatic heterocycles. The van der Waals surface area contributed by atoms with Gasteiger partial charge in [-0.05, 0) is 17.6 Å². The summed E-state index contributed by atoms with van der Waals surface area (Å²) >= 11 is 0. The summed E-state index contributed by atoms with van der Waals surface area (Å²) < 4.78 is 0. The highest BCUT2D eigenvalue weighted by molar-refractivity contribution is 5.47. The summed E-state index contributed by atoms with van der Waals surface area (Å²) in [6.07, 6.45) is 1.85. The van der Waals surface area contributed by atoms with Crippen LogP contribution < -0.4 is 0 Å². The van der Waals surface area contributed by atoms with Gasteiger partial charge in [0.15, 0.2) is 0 Å². The fraction of sp³-hybridized carbons (Fsp3) is 0.308. The minimum Gasteiger partial charge on any atom is -0.128 e. The minimum absolute atomic E-state index is 0.833. The maximum atomic E-state index is 3.48. The zero-order valence-electron chi connectivity index (χ0n) is 8.75. The maximum absolute atomic E-state index is 3.48. The Morgan fingerprint density at radius 2 is 1.62 bits per heavy atom. The second-order valence-electron chi connectivity index (χ2n) is 3.49. The van der Waals surface area contributed by atoms with Crippen LogP contribution in [0.3, 0.4) is 0 Å². The van der Waals surface area contributed by atoms with Gasteiger partial charge in [0.05, 0.1) is 0 Å². The van der Waals surface area contributed by atoms with Crippen molar-refractivity contribution in [3.05, 3.63) is 48.2 Å². The highest BCUT2D eigenvalue weighted by Crippen LogP contribution is 1.98. The van der Waals surface area contributed by atoms with Crippen molar-refractivity contribution in [3.63, 3.8) is 0 Å². The fourth-order valence-corrected chi connectivity index (χ4v) is 0.667. The van der Waals surface area contributed by atoms with Crippen molar-refractivity contribution in [1.29, 1.82) is 0 Å². The number of benzene rings is 1. The van der Waals surface area contributed by atoms with Crippen LogP contribution in [0.5, 0.6) is 0 Å². The molecule has 0 atom stereocenters. The largest absolute Gasteiger partial charge is 0.128 e. The lowest BCUT2D eigenvalue weighted by Crippen LogP contribution is -1.66. The van der Waals surface area contributed by atoms with E-state index in [0.29, 0.717) is 0 Å². The molecule has 0 unspecified atom stereocenters. The average Bonchev–Trinajstić information content (AvgIpc) is 2.06. The molecule has 0 saturated carbocycles. The molecule has 0 aromatic heterocycles. The molecule has 0 amide bonds. The van der Waals surface area contributed by atoms with Gasteiger partial charge in [0.25, 0.3) is 0 Å². The molecule has 0 radical (unpaired) electrons. The molecule has 1 aromatic rings. The van der Waals surface area contributed by atoms with E-state index >= 15 is 0 Å². The third-order valence-electron chi connectivity index (χ3n) is 1.07. The van der Waals surface area contributed by atoms with Crippen molar-refractivity contribution in [2.75, 3.05) is 0 Å². The van der Waals surface area contributed by atoms with Crippen molar-refractivity contribution >= 4 is 6.08 Å². The molecule has 0 saturated heterocycles. The minimum atomic E-state index is 0.833. The van der Waals surface area contributed by atoms with Gasteiger partial charge < -0.3 is 0 Å². The van der Waals surface area contributed by atoms with Crippen LogP contribution in [0.4, 0.5) is 0 Å². The molecule has 0 N–H and O–H groups in total. The van der Waals surface area contributed by atoms with Gasteiger partial charge in [-0.1, -0.05) is 57.7 Å². The van der Waals surface area contributed by atoms with Crippen molar-refractivity contribution < 1.29 is 0 Å². The zero-order valence-corrected chi connectivity index (χ0v) is 8.75. The van der Waals surface area contributed by atoms with Crippen molar-refractivity contribution in [1.82, 2.24) is 0 Å². The van der Waals surface area contributed by atoms with Gasteiger partial charge in [-0.25, -0.2) is 0 Å². The molecular weight excluding hydrogens is 156 g/mol. The van der Waals surface area contributed by atoms with E-state index in [-0.39, 0.29) is 0 Å². The lowest BCUT2D eigenvalue weighted by Gasteiger charge is -1.85. The van der Waals surface area contributed by atoms with Gasteiger partial charge in [0.1, 0.15) is 0 Å². The van der Waals surface area contributed by atoms with E-state index < -0.39 is 0 Å². The van der Waals surface area contributed by atoms with Gasteiger partial charge >= 0.3 is 0 Å². The van der Waals surface area contributed by atoms with Crippen LogP contribution in [0.25, 0.3) is 6.08 Å². The molecule has 0 heterocycles. The fourth-order valence-electron chi connectivity index (χ4n) is 0.667. The van der Waals surface area contributed by atoms with Gasteiger partial charge in [-0.15, -0.1) is 5.73 Å². The van der Waals surface area contributed by atoms with Gasteiger partial charge in [-0.2, -0.15) is 0 Å². The first-order valence-corrected chi connectivity index (χ1v) is 4.57. The lowest BCUT2D eigenvalue weighted by atomic mass is 10.2. The Hall–Kier alpha value is -1.26. The van der Waals surface area contributed by atoms with E-state index in [1.807, 2.05) is 36.4 Å². The standard InChI is InChI=1S/C9H8.C4H10/c1-2-6-9-7-4-3-5-8-9;1-4(2)3/h3-8H,1H2;4H,1-3H3. The van der Waals surface area contributed by atoms with E-state index in [9.17, 15) is 0 Å². The Bertz CT molecular complexity index is 248. The summed E-state index contributed by atoms with van der Waals surface area (Å²) in [7, 11) is 0. The quantitative estimate of drug-likeness (QED) is 0.561. The summed E-state index contributed by atoms with van der Waals surface area (Å²) in [6.45, 7) is 9.98. The predicted molar refractivity (Wildman–Crippen MR) is 60.6 cm³/mol. The van der Waals surface area contributed by atoms with Crippen LogP contribution in [-0.2, 0) is 0 Å². The Kier molecular flexibility index (Phi) is 6.68. The van der Waals surface area contributed by atoms with Crippen LogP contribution in [0.15, 0.2) is 42.6 Å². The van der Waals surface area contributed by atoms with Crippen LogP contribution in [-0.4, -0.2) is 0 Å². The maximum Gasteiger partial charge on any atom is -0.0133 e. The van der Waals surface area contributed by atoms with Crippen LogP contribution in [0.2, 0.25) is 0 Å². The summed E-state index contributed by atoms with van der Waals surface area (Å²) in [4.78, 5) is 0. The highest BCUT2D eigenvalue weighted by Gasteiger charge is 1.77. The molecular formula is C13H18. The first kappa shape index (κ1) is 11.7. The Labute approximate surface area is 81.6 Å². The van der Waals surface area contributed by atoms with E-state index in [4.69, 9.17) is 0 Å². The van der Waals surface area contributed by atoms with Gasteiger partial charge in [-0.3, -0.25) is 0 Å². The second kappa shape index (κ2) is 7.39. The topological polar surface area (TPSA) is 0 Å². The van der Waals surface area contributed by atoms with Crippen molar-refractivity contribution in [2.45, 2.75) is 20.8 Å². The number of hydrogen-bond donors (Lipinski definition) is 0. The molecule has 0 bridgehead atoms. The first-order chi connectivity index (χ1) is 6.16. The molecule has 0 fully saturated rings. The molecule has 0 spiro atoms. The number of hydrogen-bond acceptors (Lipinski definition) is 0. The Morgan fingerprint density at radius 1 is 1.15 bits per heavy atom. The first-order valence-electron chi connectivity index (χ1n) is 4.57. The Morgan fingerprint density at radius 3 is 2.00 bits per heavy atom. The van der Waals surface area contributed by atoms with Crippen molar-refractivity contribution in [3.8, 4) is 0 Å². The molecule has 0 nitrogen and oxygen atoms in total. The summed E-state index contributed by atoms with van der Waals surface area (Å²) in [5.74, 6) is 0.833. The zero-order chi connectivity index (χ0) is 10.1. The van der Waals surface area contributed by atoms with Gasteiger partial charge in [0.2, 0.25) is 0 Å². The smallest absolute Gasteiger partial charge is 0.0133 e. The average molecular weight is 174 g/mol. The summed E-state index contributed by atoms with van der Waals surface area (Å²) in [5, 5.41) is 0. The lowest BCUT2D eigenvalue weighted by molar-refractivity contribution is 0.737. The molecule has 1 rings (SSSR count). The third kappa shape index (κ3) is 8.65. The highest BCUT2D eigenvalue weighted by atomic mass is 13.8. The normalized spacial score (nSPS) is 8.31. The third-order valence-corrected chi connectivity index (χ3v) is 1.07. The molecule has 0 heteroatoms. The Balaban J connectivity index is 0.000000310. The summed E-state index contributed by atoms with van der Waals surface area (Å²) in [5.41, 5.74) is 3.85. The SMILES string of the molecule is C=C=Cc1ccccc1.CC(C)C. The molecule has 13 heavy (non-hydrogen) atoms. The molecule has 0 aliphatic rings. The molecule has 70 valence electrons. The van der Waals surface area contributed by atoms with Crippen LogP contribution in [0.1, 0.15) is 26.3 Å². The van der Waals surface area contributed by atoms with E-state index in [1.54, 1.807) is 0 Å². The van der Waals surface area contributed by atoms with E-state index in [0.717, 1.165) is 11.5 Å². The monoisotopic (exact) mass is 174 g/mol. The van der Waals surface area contributed by atoms with Crippen LogP contribution in [0, 0.1) is 5.92 Å². The molecule has 1 aromatic carbocycles. The molecule has 0 aliphatic carbocycles. The summed E-state index contributed by atoms with van der Waals surface area (Å²) in [6, 6.07) is 9.99. The van der Waals surface area contributed by atoms with Gasteiger partial charge in [0, 0.05) is 0 Å². The van der Waals surface area contributed by atoms with Crippen LogP contribution >= 0.6 is 0 Å². The van der Waals surface area contributed by atoms with E-state index in [2.05, 4.69) is 33.1 Å². The second-order valence-corrected chi connectivity index (χ2v) is 3.49.